The van der Waals surface area contributed by atoms with Crippen LogP contribution in [0.25, 0.3) is 0 Å². The van der Waals surface area contributed by atoms with Crippen molar-refractivity contribution in [2.75, 3.05) is 13.2 Å². The van der Waals surface area contributed by atoms with Gasteiger partial charge in [0.1, 0.15) is 5.56 Å². The molecule has 0 saturated heterocycles. The third-order valence-corrected chi connectivity index (χ3v) is 2.46. The maximum atomic E-state index is 11.7. The molecule has 1 atom stereocenters. The van der Waals surface area contributed by atoms with Crippen LogP contribution in [0.15, 0.2) is 6.20 Å². The molecule has 0 saturated carbocycles. The highest BCUT2D eigenvalue weighted by atomic mass is 16.5. The number of carboxylic acid groups (broad SMARTS) is 1. The summed E-state index contributed by atoms with van der Waals surface area (Å²) < 4.78 is 4.78. The number of hydrogen-bond acceptors (Lipinski definition) is 7. The van der Waals surface area contributed by atoms with Gasteiger partial charge in [0, 0.05) is 12.7 Å². The lowest BCUT2D eigenvalue weighted by molar-refractivity contribution is -0.147. The number of ether oxygens (including phenoxy) is 1. The summed E-state index contributed by atoms with van der Waals surface area (Å²) in [5.74, 6) is -4.35. The van der Waals surface area contributed by atoms with E-state index in [2.05, 4.69) is 15.3 Å². The van der Waals surface area contributed by atoms with Gasteiger partial charge in [-0.3, -0.25) is 9.59 Å². The van der Waals surface area contributed by atoms with Crippen LogP contribution in [0.5, 0.6) is 5.88 Å². The molecule has 9 nitrogen and oxygen atoms in total. The number of carbonyl (C=O) groups excluding carboxylic acids is 2. The molecule has 0 aliphatic carbocycles. The van der Waals surface area contributed by atoms with Gasteiger partial charge in [0.2, 0.25) is 11.7 Å². The van der Waals surface area contributed by atoms with E-state index >= 15 is 0 Å². The van der Waals surface area contributed by atoms with E-state index < -0.39 is 41.0 Å². The fourth-order valence-electron chi connectivity index (χ4n) is 1.33. The molecule has 0 bridgehead atoms. The zero-order chi connectivity index (χ0) is 16.0. The maximum Gasteiger partial charge on any atom is 0.342 e. The molecule has 0 fully saturated rings. The van der Waals surface area contributed by atoms with Crippen molar-refractivity contribution in [3.63, 3.8) is 0 Å². The first kappa shape index (κ1) is 16.3. The van der Waals surface area contributed by atoms with Crippen LogP contribution in [0.3, 0.4) is 0 Å². The highest BCUT2D eigenvalue weighted by Crippen LogP contribution is 2.12. The van der Waals surface area contributed by atoms with Gasteiger partial charge in [-0.2, -0.15) is 4.98 Å². The van der Waals surface area contributed by atoms with E-state index in [0.717, 1.165) is 6.20 Å². The summed E-state index contributed by atoms with van der Waals surface area (Å²) in [5, 5.41) is 20.4. The Kier molecular flexibility index (Phi) is 5.58. The van der Waals surface area contributed by atoms with Crippen LogP contribution in [0.2, 0.25) is 0 Å². The van der Waals surface area contributed by atoms with Gasteiger partial charge < -0.3 is 20.3 Å². The number of rotatable bonds is 6. The van der Waals surface area contributed by atoms with E-state index in [1.165, 1.54) is 0 Å². The van der Waals surface area contributed by atoms with Crippen LogP contribution in [0.4, 0.5) is 0 Å². The second-order valence-electron chi connectivity index (χ2n) is 4.10. The Morgan fingerprint density at radius 2 is 2.10 bits per heavy atom. The zero-order valence-corrected chi connectivity index (χ0v) is 11.5. The molecular formula is C12H15N3O6. The Labute approximate surface area is 120 Å². The lowest BCUT2D eigenvalue weighted by Crippen LogP contribution is -2.33. The number of carbonyl (C=O) groups is 3. The summed E-state index contributed by atoms with van der Waals surface area (Å²) in [7, 11) is 0. The highest BCUT2D eigenvalue weighted by molar-refractivity contribution is 5.93. The van der Waals surface area contributed by atoms with Crippen LogP contribution in [-0.4, -0.2) is 51.2 Å². The van der Waals surface area contributed by atoms with Gasteiger partial charge in [-0.1, -0.05) is 6.92 Å². The van der Waals surface area contributed by atoms with E-state index in [1.54, 1.807) is 13.8 Å². The normalized spacial score (nSPS) is 11.5. The Balaban J connectivity index is 2.66. The standard InChI is InChI=1S/C12H15N3O6/c1-3-21-12(20)6(2)4-14-10(17)8-13-5-7(11(18)19)9(16)15-8/h5-6H,3-4H2,1-2H3,(H,14,17)(H,18,19)(H,13,15,16). The van der Waals surface area contributed by atoms with Crippen molar-refractivity contribution in [2.24, 2.45) is 5.92 Å². The van der Waals surface area contributed by atoms with E-state index in [-0.39, 0.29) is 13.2 Å². The van der Waals surface area contributed by atoms with Crippen molar-refractivity contribution < 1.29 is 29.3 Å². The van der Waals surface area contributed by atoms with Crippen LogP contribution in [-0.2, 0) is 9.53 Å². The Morgan fingerprint density at radius 1 is 1.43 bits per heavy atom. The minimum atomic E-state index is -1.41. The van der Waals surface area contributed by atoms with Gasteiger partial charge in [0.05, 0.1) is 12.5 Å². The fourth-order valence-corrected chi connectivity index (χ4v) is 1.33. The fraction of sp³-hybridized carbons (Fsp3) is 0.417. The SMILES string of the molecule is CCOC(=O)C(C)CNC(=O)c1ncc(C(=O)O)c(O)n1. The smallest absolute Gasteiger partial charge is 0.342 e. The third-order valence-electron chi connectivity index (χ3n) is 2.46. The average molecular weight is 297 g/mol. The predicted octanol–water partition coefficient (Wildman–Crippen LogP) is -0.191. The molecule has 1 unspecified atom stereocenters. The average Bonchev–Trinajstić information content (AvgIpc) is 2.43. The molecule has 1 amide bonds. The second kappa shape index (κ2) is 7.17. The summed E-state index contributed by atoms with van der Waals surface area (Å²) in [6, 6.07) is 0. The number of nitrogens with zero attached hydrogens (tertiary/aromatic N) is 2. The molecule has 0 aliphatic heterocycles. The van der Waals surface area contributed by atoms with Gasteiger partial charge in [0.15, 0.2) is 0 Å². The molecule has 1 aromatic heterocycles. The first-order valence-electron chi connectivity index (χ1n) is 6.11. The molecule has 0 aromatic carbocycles. The minimum absolute atomic E-state index is 0.00245. The van der Waals surface area contributed by atoms with Crippen molar-refractivity contribution >= 4 is 17.8 Å². The summed E-state index contributed by atoms with van der Waals surface area (Å²) in [4.78, 5) is 40.7. The molecule has 9 heteroatoms. The molecular weight excluding hydrogens is 282 g/mol. The number of amides is 1. The first-order valence-corrected chi connectivity index (χ1v) is 6.11. The lowest BCUT2D eigenvalue weighted by Gasteiger charge is -2.11. The monoisotopic (exact) mass is 297 g/mol. The van der Waals surface area contributed by atoms with Crippen molar-refractivity contribution in [1.29, 1.82) is 0 Å². The van der Waals surface area contributed by atoms with Gasteiger partial charge >= 0.3 is 11.9 Å². The number of esters is 1. The Bertz CT molecular complexity index is 560. The van der Waals surface area contributed by atoms with E-state index in [0.29, 0.717) is 0 Å². The topological polar surface area (TPSA) is 139 Å². The second-order valence-corrected chi connectivity index (χ2v) is 4.10. The van der Waals surface area contributed by atoms with E-state index in [4.69, 9.17) is 9.84 Å². The first-order chi connectivity index (χ1) is 9.86. The maximum absolute atomic E-state index is 11.7. The van der Waals surface area contributed by atoms with Crippen molar-refractivity contribution in [1.82, 2.24) is 15.3 Å². The van der Waals surface area contributed by atoms with Crippen LogP contribution in [0, 0.1) is 5.92 Å². The molecule has 1 heterocycles. The highest BCUT2D eigenvalue weighted by Gasteiger charge is 2.19. The summed E-state index contributed by atoms with van der Waals surface area (Å²) >= 11 is 0. The van der Waals surface area contributed by atoms with Gasteiger partial charge in [-0.05, 0) is 6.92 Å². The molecule has 3 N–H and O–H groups in total. The molecule has 0 radical (unpaired) electrons. The van der Waals surface area contributed by atoms with Crippen molar-refractivity contribution in [2.45, 2.75) is 13.8 Å². The molecule has 0 spiro atoms. The van der Waals surface area contributed by atoms with Crippen LogP contribution >= 0.6 is 0 Å². The molecule has 1 aromatic rings. The van der Waals surface area contributed by atoms with Gasteiger partial charge in [0.25, 0.3) is 5.91 Å². The quantitative estimate of drug-likeness (QED) is 0.614. The Morgan fingerprint density at radius 3 is 2.62 bits per heavy atom. The number of hydrogen-bond donors (Lipinski definition) is 3. The summed E-state index contributed by atoms with van der Waals surface area (Å²) in [6.45, 7) is 3.49. The minimum Gasteiger partial charge on any atom is -0.493 e. The number of aromatic nitrogens is 2. The Hall–Kier alpha value is -2.71. The zero-order valence-electron chi connectivity index (χ0n) is 11.5. The number of nitrogens with one attached hydrogen (secondary N) is 1. The van der Waals surface area contributed by atoms with Crippen molar-refractivity contribution in [3.8, 4) is 5.88 Å². The van der Waals surface area contributed by atoms with E-state index in [1.807, 2.05) is 0 Å². The predicted molar refractivity (Wildman–Crippen MR) is 68.8 cm³/mol. The largest absolute Gasteiger partial charge is 0.493 e. The summed E-state index contributed by atoms with van der Waals surface area (Å²) in [6.07, 6.45) is 0.828. The molecule has 1 rings (SSSR count). The van der Waals surface area contributed by atoms with E-state index in [9.17, 15) is 19.5 Å². The van der Waals surface area contributed by atoms with Gasteiger partial charge in [-0.25, -0.2) is 9.78 Å². The van der Waals surface area contributed by atoms with Crippen LogP contribution < -0.4 is 5.32 Å². The third kappa shape index (κ3) is 4.41. The molecule has 21 heavy (non-hydrogen) atoms. The molecule has 114 valence electrons. The number of aromatic carboxylic acids is 1. The molecule has 0 aliphatic rings. The summed E-state index contributed by atoms with van der Waals surface area (Å²) in [5.41, 5.74) is -0.508. The van der Waals surface area contributed by atoms with Crippen molar-refractivity contribution in [3.05, 3.63) is 17.6 Å². The lowest BCUT2D eigenvalue weighted by atomic mass is 10.2. The number of aromatic hydroxyl groups is 1. The van der Waals surface area contributed by atoms with Crippen LogP contribution in [0.1, 0.15) is 34.8 Å². The number of carboxylic acids is 1. The van der Waals surface area contributed by atoms with Gasteiger partial charge in [-0.15, -0.1) is 0 Å².